The summed E-state index contributed by atoms with van der Waals surface area (Å²) in [6.45, 7) is 2.08. The highest BCUT2D eigenvalue weighted by Crippen LogP contribution is 2.45. The van der Waals surface area contributed by atoms with E-state index in [1.165, 1.54) is 11.1 Å². The molecule has 3 rings (SSSR count). The summed E-state index contributed by atoms with van der Waals surface area (Å²) in [7, 11) is 0. The first-order chi connectivity index (χ1) is 8.99. The molecule has 19 heavy (non-hydrogen) atoms. The SMILES string of the molecule is CC1CC2C(=O)N(c3ncc(N)cc3Br)C(=O)C2C1. The number of nitrogen functional groups attached to an aromatic ring is 1. The third-order valence-electron chi connectivity index (χ3n) is 3.93. The molecule has 1 saturated carbocycles. The maximum Gasteiger partial charge on any atom is 0.238 e. The first-order valence-corrected chi connectivity index (χ1v) is 7.07. The minimum absolute atomic E-state index is 0.127. The molecule has 5 nitrogen and oxygen atoms in total. The Kier molecular flexibility index (Phi) is 2.85. The molecule has 1 aliphatic carbocycles. The van der Waals surface area contributed by atoms with Crippen molar-refractivity contribution in [3.8, 4) is 0 Å². The van der Waals surface area contributed by atoms with E-state index in [-0.39, 0.29) is 23.7 Å². The monoisotopic (exact) mass is 323 g/mol. The molecule has 2 unspecified atom stereocenters. The second kappa shape index (κ2) is 4.30. The minimum atomic E-state index is -0.172. The molecule has 0 spiro atoms. The third kappa shape index (κ3) is 1.85. The highest BCUT2D eigenvalue weighted by Gasteiger charge is 2.52. The molecule has 2 atom stereocenters. The van der Waals surface area contributed by atoms with Crippen molar-refractivity contribution in [1.29, 1.82) is 0 Å². The zero-order chi connectivity index (χ0) is 13.7. The van der Waals surface area contributed by atoms with Crippen molar-refractivity contribution in [3.05, 3.63) is 16.7 Å². The lowest BCUT2D eigenvalue weighted by molar-refractivity contribution is -0.123. The number of hydrogen-bond donors (Lipinski definition) is 1. The van der Waals surface area contributed by atoms with Gasteiger partial charge in [0.05, 0.1) is 28.2 Å². The zero-order valence-electron chi connectivity index (χ0n) is 10.5. The van der Waals surface area contributed by atoms with Crippen LogP contribution in [0.4, 0.5) is 11.5 Å². The quantitative estimate of drug-likeness (QED) is 0.801. The molecule has 2 N–H and O–H groups in total. The predicted molar refractivity (Wildman–Crippen MR) is 74.2 cm³/mol. The van der Waals surface area contributed by atoms with Crippen LogP contribution in [-0.4, -0.2) is 16.8 Å². The molecule has 2 heterocycles. The summed E-state index contributed by atoms with van der Waals surface area (Å²) in [5, 5.41) is 0. The molecule has 100 valence electrons. The lowest BCUT2D eigenvalue weighted by atomic mass is 10.00. The number of rotatable bonds is 1. The van der Waals surface area contributed by atoms with Gasteiger partial charge in [0.1, 0.15) is 0 Å². The van der Waals surface area contributed by atoms with E-state index in [0.29, 0.717) is 21.9 Å². The molecule has 6 heteroatoms. The van der Waals surface area contributed by atoms with Gasteiger partial charge >= 0.3 is 0 Å². The van der Waals surface area contributed by atoms with Crippen LogP contribution < -0.4 is 10.6 Å². The number of carbonyl (C=O) groups is 2. The number of aromatic nitrogens is 1. The van der Waals surface area contributed by atoms with E-state index in [1.54, 1.807) is 6.07 Å². The average molecular weight is 324 g/mol. The minimum Gasteiger partial charge on any atom is -0.397 e. The number of imide groups is 1. The highest BCUT2D eigenvalue weighted by molar-refractivity contribution is 9.10. The smallest absolute Gasteiger partial charge is 0.238 e. The fourth-order valence-electron chi connectivity index (χ4n) is 3.10. The van der Waals surface area contributed by atoms with Crippen molar-refractivity contribution in [1.82, 2.24) is 4.98 Å². The Labute approximate surface area is 119 Å². The Balaban J connectivity index is 1.99. The zero-order valence-corrected chi connectivity index (χ0v) is 12.1. The molecule has 2 fully saturated rings. The van der Waals surface area contributed by atoms with Crippen LogP contribution in [-0.2, 0) is 9.59 Å². The largest absolute Gasteiger partial charge is 0.397 e. The van der Waals surface area contributed by atoms with Gasteiger partial charge < -0.3 is 5.73 Å². The average Bonchev–Trinajstić information content (AvgIpc) is 2.82. The molecule has 1 aromatic rings. The summed E-state index contributed by atoms with van der Waals surface area (Å²) >= 11 is 3.32. The van der Waals surface area contributed by atoms with Crippen molar-refractivity contribution < 1.29 is 9.59 Å². The molecule has 1 aliphatic heterocycles. The van der Waals surface area contributed by atoms with Gasteiger partial charge in [0.2, 0.25) is 11.8 Å². The summed E-state index contributed by atoms with van der Waals surface area (Å²) in [4.78, 5) is 30.1. The van der Waals surface area contributed by atoms with Crippen molar-refractivity contribution in [2.75, 3.05) is 10.6 Å². The van der Waals surface area contributed by atoms with E-state index in [1.807, 2.05) is 0 Å². The van der Waals surface area contributed by atoms with Gasteiger partial charge in [0, 0.05) is 0 Å². The van der Waals surface area contributed by atoms with Gasteiger partial charge in [-0.2, -0.15) is 0 Å². The third-order valence-corrected chi connectivity index (χ3v) is 4.51. The summed E-state index contributed by atoms with van der Waals surface area (Å²) in [6.07, 6.45) is 3.04. The number of nitrogens with two attached hydrogens (primary N) is 1. The van der Waals surface area contributed by atoms with E-state index in [2.05, 4.69) is 27.8 Å². The number of amides is 2. The van der Waals surface area contributed by atoms with E-state index >= 15 is 0 Å². The first-order valence-electron chi connectivity index (χ1n) is 6.28. The molecule has 1 aromatic heterocycles. The Hall–Kier alpha value is -1.43. The van der Waals surface area contributed by atoms with E-state index in [0.717, 1.165) is 12.8 Å². The number of carbonyl (C=O) groups excluding carboxylic acids is 2. The normalized spacial score (nSPS) is 30.0. The van der Waals surface area contributed by atoms with Gasteiger partial charge in [-0.25, -0.2) is 9.88 Å². The number of pyridine rings is 1. The van der Waals surface area contributed by atoms with E-state index in [9.17, 15) is 9.59 Å². The summed E-state index contributed by atoms with van der Waals surface area (Å²) in [6, 6.07) is 1.65. The van der Waals surface area contributed by atoms with Crippen molar-refractivity contribution >= 4 is 39.2 Å². The van der Waals surface area contributed by atoms with Crippen LogP contribution in [0.15, 0.2) is 16.7 Å². The number of nitrogens with zero attached hydrogens (tertiary/aromatic N) is 2. The van der Waals surface area contributed by atoms with Crippen LogP contribution in [0, 0.1) is 17.8 Å². The van der Waals surface area contributed by atoms with Gasteiger partial charge in [-0.1, -0.05) is 6.92 Å². The first kappa shape index (κ1) is 12.6. The standard InChI is InChI=1S/C13H14BrN3O2/c1-6-2-8-9(3-6)13(19)17(12(8)18)11-10(14)4-7(15)5-16-11/h4-6,8-9H,2-3,15H2,1H3. The second-order valence-corrected chi connectivity index (χ2v) is 6.23. The molecular formula is C13H14BrN3O2. The topological polar surface area (TPSA) is 76.3 Å². The lowest BCUT2D eigenvalue weighted by Gasteiger charge is -2.17. The Morgan fingerprint density at radius 1 is 1.32 bits per heavy atom. The Morgan fingerprint density at radius 3 is 2.42 bits per heavy atom. The van der Waals surface area contributed by atoms with Crippen LogP contribution in [0.3, 0.4) is 0 Å². The van der Waals surface area contributed by atoms with Crippen LogP contribution in [0.5, 0.6) is 0 Å². The van der Waals surface area contributed by atoms with Gasteiger partial charge in [-0.15, -0.1) is 0 Å². The predicted octanol–water partition coefficient (Wildman–Crippen LogP) is 1.96. The molecule has 1 saturated heterocycles. The summed E-state index contributed by atoms with van der Waals surface area (Å²) in [5.41, 5.74) is 6.11. The highest BCUT2D eigenvalue weighted by atomic mass is 79.9. The molecule has 2 aliphatic rings. The van der Waals surface area contributed by atoms with Crippen LogP contribution in [0.1, 0.15) is 19.8 Å². The fourth-order valence-corrected chi connectivity index (χ4v) is 3.64. The number of halogens is 1. The molecule has 0 aromatic carbocycles. The maximum atomic E-state index is 12.4. The summed E-state index contributed by atoms with van der Waals surface area (Å²) < 4.78 is 0.572. The van der Waals surface area contributed by atoms with E-state index < -0.39 is 0 Å². The second-order valence-electron chi connectivity index (χ2n) is 5.38. The van der Waals surface area contributed by atoms with Crippen LogP contribution in [0.2, 0.25) is 0 Å². The fraction of sp³-hybridized carbons (Fsp3) is 0.462. The van der Waals surface area contributed by atoms with E-state index in [4.69, 9.17) is 5.73 Å². The number of anilines is 2. The van der Waals surface area contributed by atoms with Crippen molar-refractivity contribution in [3.63, 3.8) is 0 Å². The van der Waals surface area contributed by atoms with Crippen LogP contribution >= 0.6 is 15.9 Å². The molecule has 0 bridgehead atoms. The summed E-state index contributed by atoms with van der Waals surface area (Å²) in [5.74, 6) is 0.191. The van der Waals surface area contributed by atoms with Gasteiger partial charge in [-0.05, 0) is 40.8 Å². The van der Waals surface area contributed by atoms with Crippen molar-refractivity contribution in [2.45, 2.75) is 19.8 Å². The van der Waals surface area contributed by atoms with Crippen molar-refractivity contribution in [2.24, 2.45) is 17.8 Å². The molecular weight excluding hydrogens is 310 g/mol. The number of hydrogen-bond acceptors (Lipinski definition) is 4. The maximum absolute atomic E-state index is 12.4. The lowest BCUT2D eigenvalue weighted by Crippen LogP contribution is -2.33. The Morgan fingerprint density at radius 2 is 1.89 bits per heavy atom. The Bertz CT molecular complexity index is 551. The van der Waals surface area contributed by atoms with Gasteiger partial charge in [0.25, 0.3) is 0 Å². The number of fused-ring (bicyclic) bond motifs is 1. The van der Waals surface area contributed by atoms with Crippen LogP contribution in [0.25, 0.3) is 0 Å². The molecule has 0 radical (unpaired) electrons. The van der Waals surface area contributed by atoms with Gasteiger partial charge in [-0.3, -0.25) is 9.59 Å². The van der Waals surface area contributed by atoms with Gasteiger partial charge in [0.15, 0.2) is 5.82 Å². The molecule has 2 amide bonds.